The zero-order valence-corrected chi connectivity index (χ0v) is 17.7. The Morgan fingerprint density at radius 1 is 0.968 bits per heavy atom. The summed E-state index contributed by atoms with van der Waals surface area (Å²) >= 11 is 1.63. The molecule has 0 unspecified atom stereocenters. The number of carbonyl (C=O) groups is 1. The van der Waals surface area contributed by atoms with E-state index in [-0.39, 0.29) is 11.7 Å². The number of nitrogens with zero attached hydrogens (tertiary/aromatic N) is 4. The van der Waals surface area contributed by atoms with Crippen LogP contribution in [0.5, 0.6) is 0 Å². The molecule has 2 aromatic carbocycles. The zero-order chi connectivity index (χ0) is 21.2. The number of amides is 1. The van der Waals surface area contributed by atoms with Gasteiger partial charge in [-0.25, -0.2) is 14.4 Å². The maximum atomic E-state index is 13.1. The average molecular weight is 433 g/mol. The first-order valence-electron chi connectivity index (χ1n) is 10.2. The highest BCUT2D eigenvalue weighted by Gasteiger charge is 2.24. The summed E-state index contributed by atoms with van der Waals surface area (Å²) in [5.41, 5.74) is 3.13. The Morgan fingerprint density at radius 2 is 1.71 bits per heavy atom. The van der Waals surface area contributed by atoms with Gasteiger partial charge in [-0.1, -0.05) is 42.5 Å². The second kappa shape index (κ2) is 8.43. The van der Waals surface area contributed by atoms with Gasteiger partial charge in [0.25, 0.3) is 0 Å². The van der Waals surface area contributed by atoms with Crippen molar-refractivity contribution in [2.75, 3.05) is 31.1 Å². The summed E-state index contributed by atoms with van der Waals surface area (Å²) in [7, 11) is 0. The van der Waals surface area contributed by atoms with Crippen LogP contribution in [0.4, 0.5) is 10.2 Å². The summed E-state index contributed by atoms with van der Waals surface area (Å²) in [5.74, 6) is 0.708. The predicted molar refractivity (Wildman–Crippen MR) is 122 cm³/mol. The van der Waals surface area contributed by atoms with Crippen LogP contribution in [0.3, 0.4) is 0 Å². The molecule has 0 atom stereocenters. The van der Waals surface area contributed by atoms with Crippen molar-refractivity contribution in [3.8, 4) is 11.1 Å². The van der Waals surface area contributed by atoms with Crippen LogP contribution in [0.2, 0.25) is 0 Å². The fraction of sp³-hybridized carbons (Fsp3) is 0.208. The molecule has 0 N–H and O–H groups in total. The summed E-state index contributed by atoms with van der Waals surface area (Å²) < 4.78 is 13.1. The number of anilines is 1. The molecule has 0 spiro atoms. The molecule has 3 heterocycles. The van der Waals surface area contributed by atoms with E-state index in [0.29, 0.717) is 32.6 Å². The number of fused-ring (bicyclic) bond motifs is 1. The van der Waals surface area contributed by atoms with E-state index in [9.17, 15) is 9.18 Å². The van der Waals surface area contributed by atoms with E-state index in [1.165, 1.54) is 12.1 Å². The third kappa shape index (κ3) is 4.01. The quantitative estimate of drug-likeness (QED) is 0.480. The van der Waals surface area contributed by atoms with E-state index >= 15 is 0 Å². The van der Waals surface area contributed by atoms with Crippen molar-refractivity contribution in [2.24, 2.45) is 0 Å². The molecule has 0 saturated carbocycles. The van der Waals surface area contributed by atoms with E-state index in [4.69, 9.17) is 0 Å². The molecule has 156 valence electrons. The summed E-state index contributed by atoms with van der Waals surface area (Å²) in [4.78, 5) is 26.9. The molecule has 5 nitrogen and oxygen atoms in total. The van der Waals surface area contributed by atoms with Crippen LogP contribution in [-0.2, 0) is 11.2 Å². The average Bonchev–Trinajstić information content (AvgIpc) is 3.26. The van der Waals surface area contributed by atoms with E-state index < -0.39 is 0 Å². The van der Waals surface area contributed by atoms with Crippen molar-refractivity contribution in [1.29, 1.82) is 0 Å². The first kappa shape index (κ1) is 19.6. The molecule has 0 radical (unpaired) electrons. The minimum atomic E-state index is -0.288. The first-order valence-corrected chi connectivity index (χ1v) is 11.1. The van der Waals surface area contributed by atoms with Gasteiger partial charge in [-0.15, -0.1) is 11.3 Å². The van der Waals surface area contributed by atoms with Crippen molar-refractivity contribution in [3.63, 3.8) is 0 Å². The number of piperazine rings is 1. The number of halogens is 1. The number of rotatable bonds is 4. The van der Waals surface area contributed by atoms with Gasteiger partial charge in [-0.2, -0.15) is 0 Å². The molecule has 0 aliphatic carbocycles. The smallest absolute Gasteiger partial charge is 0.227 e. The topological polar surface area (TPSA) is 49.3 Å². The normalized spacial score (nSPS) is 14.2. The first-order chi connectivity index (χ1) is 15.2. The van der Waals surface area contributed by atoms with Crippen molar-refractivity contribution in [3.05, 3.63) is 77.7 Å². The van der Waals surface area contributed by atoms with Gasteiger partial charge in [0, 0.05) is 37.1 Å². The van der Waals surface area contributed by atoms with Crippen LogP contribution in [0.15, 0.2) is 66.3 Å². The molecule has 1 saturated heterocycles. The lowest BCUT2D eigenvalue weighted by molar-refractivity contribution is -0.130. The lowest BCUT2D eigenvalue weighted by Crippen LogP contribution is -2.49. The Morgan fingerprint density at radius 3 is 2.45 bits per heavy atom. The molecule has 1 amide bonds. The van der Waals surface area contributed by atoms with E-state index in [0.717, 1.165) is 32.7 Å². The summed E-state index contributed by atoms with van der Waals surface area (Å²) in [6, 6.07) is 16.4. The minimum absolute atomic E-state index is 0.0691. The molecule has 7 heteroatoms. The Kier molecular flexibility index (Phi) is 5.34. The number of benzene rings is 2. The van der Waals surface area contributed by atoms with Gasteiger partial charge < -0.3 is 9.80 Å². The molecule has 1 aliphatic heterocycles. The molecular formula is C24H21FN4OS. The lowest BCUT2D eigenvalue weighted by Gasteiger charge is -2.35. The number of hydrogen-bond acceptors (Lipinski definition) is 5. The van der Waals surface area contributed by atoms with Crippen LogP contribution >= 0.6 is 11.3 Å². The van der Waals surface area contributed by atoms with Gasteiger partial charge in [-0.3, -0.25) is 4.79 Å². The van der Waals surface area contributed by atoms with Crippen molar-refractivity contribution < 1.29 is 9.18 Å². The summed E-state index contributed by atoms with van der Waals surface area (Å²) in [6.45, 7) is 2.70. The second-order valence-electron chi connectivity index (χ2n) is 7.56. The highest BCUT2D eigenvalue weighted by molar-refractivity contribution is 7.17. The number of hydrogen-bond donors (Lipinski definition) is 0. The third-order valence-electron chi connectivity index (χ3n) is 5.64. The Balaban J connectivity index is 1.33. The van der Waals surface area contributed by atoms with Crippen LogP contribution in [0, 0.1) is 5.82 Å². The van der Waals surface area contributed by atoms with Gasteiger partial charge in [0.05, 0.1) is 11.8 Å². The molecular weight excluding hydrogens is 411 g/mol. The standard InChI is InChI=1S/C24H21FN4OS/c25-19-8-6-17(7-9-19)14-21(30)28-10-12-29(13-11-28)23-22-20(18-4-2-1-3-5-18)15-31-24(22)27-16-26-23/h1-9,15-16H,10-14H2. The Hall–Kier alpha value is -3.32. The van der Waals surface area contributed by atoms with Gasteiger partial charge in [-0.05, 0) is 23.3 Å². The monoisotopic (exact) mass is 432 g/mol. The maximum absolute atomic E-state index is 13.1. The van der Waals surface area contributed by atoms with Gasteiger partial charge in [0.1, 0.15) is 22.8 Å². The van der Waals surface area contributed by atoms with Gasteiger partial charge >= 0.3 is 0 Å². The maximum Gasteiger partial charge on any atom is 0.227 e. The molecule has 5 rings (SSSR count). The molecule has 0 bridgehead atoms. The molecule has 4 aromatic rings. The Labute approximate surface area is 183 Å². The van der Waals surface area contributed by atoms with E-state index in [1.54, 1.807) is 29.8 Å². The largest absolute Gasteiger partial charge is 0.352 e. The number of thiophene rings is 1. The summed E-state index contributed by atoms with van der Waals surface area (Å²) in [5, 5.41) is 3.21. The predicted octanol–water partition coefficient (Wildman–Crippen LogP) is 4.39. The van der Waals surface area contributed by atoms with Gasteiger partial charge in [0.15, 0.2) is 0 Å². The molecule has 31 heavy (non-hydrogen) atoms. The van der Waals surface area contributed by atoms with Crippen LogP contribution in [-0.4, -0.2) is 47.0 Å². The minimum Gasteiger partial charge on any atom is -0.352 e. The number of aromatic nitrogens is 2. The zero-order valence-electron chi connectivity index (χ0n) is 16.9. The van der Waals surface area contributed by atoms with E-state index in [1.807, 2.05) is 23.1 Å². The van der Waals surface area contributed by atoms with Gasteiger partial charge in [0.2, 0.25) is 5.91 Å². The second-order valence-corrected chi connectivity index (χ2v) is 8.42. The SMILES string of the molecule is O=C(Cc1ccc(F)cc1)N1CCN(c2ncnc3scc(-c4ccccc4)c23)CC1. The van der Waals surface area contributed by atoms with Crippen LogP contribution in [0.25, 0.3) is 21.3 Å². The molecule has 1 fully saturated rings. The van der Waals surface area contributed by atoms with Crippen molar-refractivity contribution in [2.45, 2.75) is 6.42 Å². The van der Waals surface area contributed by atoms with Crippen LogP contribution < -0.4 is 4.90 Å². The fourth-order valence-corrected chi connectivity index (χ4v) is 4.90. The van der Waals surface area contributed by atoms with Crippen molar-refractivity contribution in [1.82, 2.24) is 14.9 Å². The number of carbonyl (C=O) groups excluding carboxylic acids is 1. The highest BCUT2D eigenvalue weighted by atomic mass is 32.1. The molecule has 1 aliphatic rings. The van der Waals surface area contributed by atoms with Crippen LogP contribution in [0.1, 0.15) is 5.56 Å². The Bertz CT molecular complexity index is 1200. The summed E-state index contributed by atoms with van der Waals surface area (Å²) in [6.07, 6.45) is 1.91. The fourth-order valence-electron chi connectivity index (χ4n) is 3.99. The van der Waals surface area contributed by atoms with E-state index in [2.05, 4.69) is 32.4 Å². The van der Waals surface area contributed by atoms with Crippen molar-refractivity contribution >= 4 is 33.3 Å². The molecule has 2 aromatic heterocycles. The lowest BCUT2D eigenvalue weighted by atomic mass is 10.1. The highest BCUT2D eigenvalue weighted by Crippen LogP contribution is 2.37. The third-order valence-corrected chi connectivity index (χ3v) is 6.52.